The molecule has 1 saturated heterocycles. The van der Waals surface area contributed by atoms with E-state index in [1.165, 1.54) is 18.4 Å². The number of aromatic nitrogens is 2. The molecule has 0 aliphatic carbocycles. The summed E-state index contributed by atoms with van der Waals surface area (Å²) in [5.41, 5.74) is 1.72. The van der Waals surface area contributed by atoms with E-state index in [1.54, 1.807) is 0 Å². The minimum Gasteiger partial charge on any atom is -0.395 e. The molecule has 0 radical (unpaired) electrons. The third-order valence-corrected chi connectivity index (χ3v) is 6.59. The van der Waals surface area contributed by atoms with Crippen molar-refractivity contribution in [3.05, 3.63) is 24.3 Å². The van der Waals surface area contributed by atoms with Crippen LogP contribution in [-0.2, 0) is 16.6 Å². The second kappa shape index (κ2) is 6.91. The van der Waals surface area contributed by atoms with E-state index >= 15 is 0 Å². The molecular weight excluding hydrogens is 344 g/mol. The Morgan fingerprint density at radius 2 is 2.00 bits per heavy atom. The highest BCUT2D eigenvalue weighted by molar-refractivity contribution is 7.89. The number of hydrogen-bond donors (Lipinski definition) is 2. The Hall–Kier alpha value is -1.68. The first-order chi connectivity index (χ1) is 11.8. The molecule has 2 heterocycles. The maximum Gasteiger partial charge on any atom is 0.214 e. The van der Waals surface area contributed by atoms with E-state index < -0.39 is 16.1 Å². The van der Waals surface area contributed by atoms with Crippen LogP contribution in [0.25, 0.3) is 11.0 Å². The molecule has 1 aliphatic rings. The minimum atomic E-state index is -3.39. The molecule has 1 aliphatic heterocycles. The molecule has 1 aromatic heterocycles. The number of fused-ring (bicyclic) bond motifs is 1. The highest BCUT2D eigenvalue weighted by atomic mass is 32.2. The van der Waals surface area contributed by atoms with E-state index in [2.05, 4.69) is 4.98 Å². The summed E-state index contributed by atoms with van der Waals surface area (Å²) in [4.78, 5) is 6.52. The van der Waals surface area contributed by atoms with Gasteiger partial charge < -0.3 is 19.7 Å². The zero-order chi connectivity index (χ0) is 18.2. The summed E-state index contributed by atoms with van der Waals surface area (Å²) in [6.07, 6.45) is -0.739. The topological polar surface area (TPSA) is 98.9 Å². The fourth-order valence-electron chi connectivity index (χ4n) is 3.23. The SMILES string of the molecule is CN(C)S(=O)(=O)C[C@@H]1CN(c2nc3ccccc3n2CCO)C[C@@H]1O. The Bertz CT molecular complexity index is 849. The number of imidazole rings is 1. The number of anilines is 1. The summed E-state index contributed by atoms with van der Waals surface area (Å²) in [5, 5.41) is 19.7. The number of nitrogens with zero attached hydrogens (tertiary/aromatic N) is 4. The van der Waals surface area contributed by atoms with Gasteiger partial charge in [0, 0.05) is 39.6 Å². The Kier molecular flexibility index (Phi) is 5.01. The number of rotatable bonds is 6. The molecule has 138 valence electrons. The standard InChI is InChI=1S/C16H24N4O4S/c1-18(2)25(23,24)11-12-9-19(10-15(12)22)16-17-13-5-3-4-6-14(13)20(16)7-8-21/h3-6,12,15,21-22H,7-11H2,1-2H3/t12-,15-/m0/s1. The van der Waals surface area contributed by atoms with Crippen molar-refractivity contribution >= 4 is 27.0 Å². The molecule has 1 aromatic carbocycles. The van der Waals surface area contributed by atoms with Gasteiger partial charge in [0.05, 0.1) is 29.5 Å². The second-order valence-corrected chi connectivity index (χ2v) is 8.80. The van der Waals surface area contributed by atoms with Gasteiger partial charge in [0.25, 0.3) is 0 Å². The molecule has 0 saturated carbocycles. The predicted octanol–water partition coefficient (Wildman–Crippen LogP) is -0.283. The van der Waals surface area contributed by atoms with Gasteiger partial charge in [-0.1, -0.05) is 12.1 Å². The maximum atomic E-state index is 12.1. The molecule has 25 heavy (non-hydrogen) atoms. The van der Waals surface area contributed by atoms with E-state index in [4.69, 9.17) is 0 Å². The molecule has 1 fully saturated rings. The summed E-state index contributed by atoms with van der Waals surface area (Å²) in [5.74, 6) is 0.173. The lowest BCUT2D eigenvalue weighted by Gasteiger charge is -2.19. The molecular formula is C16H24N4O4S. The fraction of sp³-hybridized carbons (Fsp3) is 0.562. The lowest BCUT2D eigenvalue weighted by molar-refractivity contribution is 0.157. The number of hydrogen-bond acceptors (Lipinski definition) is 6. The minimum absolute atomic E-state index is 0.0256. The van der Waals surface area contributed by atoms with Gasteiger partial charge in [0.1, 0.15) is 0 Å². The Morgan fingerprint density at radius 3 is 2.68 bits per heavy atom. The van der Waals surface area contributed by atoms with E-state index in [9.17, 15) is 18.6 Å². The first-order valence-corrected chi connectivity index (χ1v) is 9.83. The van der Waals surface area contributed by atoms with Gasteiger partial charge in [-0.15, -0.1) is 0 Å². The van der Waals surface area contributed by atoms with Gasteiger partial charge >= 0.3 is 0 Å². The molecule has 2 N–H and O–H groups in total. The first kappa shape index (κ1) is 18.1. The Balaban J connectivity index is 1.88. The van der Waals surface area contributed by atoms with E-state index in [1.807, 2.05) is 33.7 Å². The Labute approximate surface area is 147 Å². The second-order valence-electron chi connectivity index (χ2n) is 6.57. The molecule has 8 nitrogen and oxygen atoms in total. The summed E-state index contributed by atoms with van der Waals surface area (Å²) in [6.45, 7) is 1.09. The summed E-state index contributed by atoms with van der Waals surface area (Å²) < 4.78 is 27.3. The van der Waals surface area contributed by atoms with Crippen LogP contribution in [0.3, 0.4) is 0 Å². The molecule has 3 rings (SSSR count). The third-order valence-electron chi connectivity index (χ3n) is 4.63. The van der Waals surface area contributed by atoms with Gasteiger partial charge in [-0.25, -0.2) is 17.7 Å². The predicted molar refractivity (Wildman–Crippen MR) is 96.0 cm³/mol. The van der Waals surface area contributed by atoms with Gasteiger partial charge in [-0.2, -0.15) is 0 Å². The maximum absolute atomic E-state index is 12.1. The number of aliphatic hydroxyl groups is 2. The van der Waals surface area contributed by atoms with E-state index in [0.717, 1.165) is 11.0 Å². The van der Waals surface area contributed by atoms with Crippen LogP contribution in [0.4, 0.5) is 5.95 Å². The van der Waals surface area contributed by atoms with Gasteiger partial charge in [0.15, 0.2) is 0 Å². The average molecular weight is 368 g/mol. The van der Waals surface area contributed by atoms with Crippen LogP contribution in [0.5, 0.6) is 0 Å². The van der Waals surface area contributed by atoms with Gasteiger partial charge in [-0.05, 0) is 12.1 Å². The molecule has 0 bridgehead atoms. The van der Waals surface area contributed by atoms with Crippen molar-refractivity contribution in [2.45, 2.75) is 12.6 Å². The first-order valence-electron chi connectivity index (χ1n) is 8.23. The number of benzene rings is 1. The van der Waals surface area contributed by atoms with Crippen molar-refractivity contribution in [3.63, 3.8) is 0 Å². The highest BCUT2D eigenvalue weighted by Crippen LogP contribution is 2.28. The fourth-order valence-corrected chi connectivity index (χ4v) is 4.39. The van der Waals surface area contributed by atoms with Gasteiger partial charge in [-0.3, -0.25) is 0 Å². The number of para-hydroxylation sites is 2. The molecule has 0 amide bonds. The zero-order valence-corrected chi connectivity index (χ0v) is 15.2. The molecule has 9 heteroatoms. The molecule has 2 aromatic rings. The molecule has 0 spiro atoms. The van der Waals surface area contributed by atoms with Crippen molar-refractivity contribution in [2.75, 3.05) is 44.4 Å². The third kappa shape index (κ3) is 3.50. The number of aliphatic hydroxyl groups excluding tert-OH is 2. The van der Waals surface area contributed by atoms with Crippen LogP contribution in [0.1, 0.15) is 0 Å². The average Bonchev–Trinajstić information content (AvgIpc) is 3.09. The highest BCUT2D eigenvalue weighted by Gasteiger charge is 2.37. The normalized spacial score (nSPS) is 21.6. The van der Waals surface area contributed by atoms with Crippen LogP contribution < -0.4 is 4.90 Å². The van der Waals surface area contributed by atoms with Crippen molar-refractivity contribution < 1.29 is 18.6 Å². The lowest BCUT2D eigenvalue weighted by Crippen LogP contribution is -2.33. The monoisotopic (exact) mass is 368 g/mol. The molecule has 0 unspecified atom stereocenters. The number of β-amino-alcohol motifs (C(OH)–C–C–N with tert-alkyl or cyclic N) is 1. The quantitative estimate of drug-likeness (QED) is 0.727. The summed E-state index contributed by atoms with van der Waals surface area (Å²) in [6, 6.07) is 7.63. The summed E-state index contributed by atoms with van der Waals surface area (Å²) in [7, 11) is -0.395. The smallest absolute Gasteiger partial charge is 0.214 e. The number of sulfonamides is 1. The largest absolute Gasteiger partial charge is 0.395 e. The van der Waals surface area contributed by atoms with Gasteiger partial charge in [0.2, 0.25) is 16.0 Å². The van der Waals surface area contributed by atoms with Crippen LogP contribution in [-0.4, -0.2) is 78.1 Å². The van der Waals surface area contributed by atoms with Crippen LogP contribution >= 0.6 is 0 Å². The Morgan fingerprint density at radius 1 is 1.28 bits per heavy atom. The van der Waals surface area contributed by atoms with Crippen molar-refractivity contribution in [3.8, 4) is 0 Å². The zero-order valence-electron chi connectivity index (χ0n) is 14.4. The van der Waals surface area contributed by atoms with E-state index in [-0.39, 0.29) is 18.3 Å². The van der Waals surface area contributed by atoms with Crippen LogP contribution in [0.15, 0.2) is 24.3 Å². The van der Waals surface area contributed by atoms with Crippen LogP contribution in [0, 0.1) is 5.92 Å². The van der Waals surface area contributed by atoms with Crippen molar-refractivity contribution in [2.24, 2.45) is 5.92 Å². The lowest BCUT2D eigenvalue weighted by atomic mass is 10.1. The molecule has 2 atom stereocenters. The van der Waals surface area contributed by atoms with E-state index in [0.29, 0.717) is 25.6 Å². The van der Waals surface area contributed by atoms with Crippen molar-refractivity contribution in [1.82, 2.24) is 13.9 Å². The van der Waals surface area contributed by atoms with Crippen LogP contribution in [0.2, 0.25) is 0 Å². The van der Waals surface area contributed by atoms with Crippen molar-refractivity contribution in [1.29, 1.82) is 0 Å². The summed E-state index contributed by atoms with van der Waals surface area (Å²) >= 11 is 0.